The minimum Gasteiger partial charge on any atom is -0.352 e. The number of nitrogens with zero attached hydrogens (tertiary/aromatic N) is 1. The van der Waals surface area contributed by atoms with E-state index >= 15 is 0 Å². The molecule has 5 nitrogen and oxygen atoms in total. The predicted octanol–water partition coefficient (Wildman–Crippen LogP) is 3.53. The van der Waals surface area contributed by atoms with E-state index in [-0.39, 0.29) is 17.8 Å². The molecular formula is C23H27FN2O3S. The largest absolute Gasteiger partial charge is 0.352 e. The fourth-order valence-corrected chi connectivity index (χ4v) is 5.86. The van der Waals surface area contributed by atoms with Gasteiger partial charge in [0.25, 0.3) is 0 Å². The molecule has 1 N–H and O–H groups in total. The Hall–Kier alpha value is -2.25. The van der Waals surface area contributed by atoms with Gasteiger partial charge in [-0.15, -0.1) is 0 Å². The smallest absolute Gasteiger partial charge is 0.243 e. The molecular weight excluding hydrogens is 403 g/mol. The van der Waals surface area contributed by atoms with E-state index in [9.17, 15) is 17.6 Å². The summed E-state index contributed by atoms with van der Waals surface area (Å²) in [5, 5.41) is 3.12. The van der Waals surface area contributed by atoms with Gasteiger partial charge in [-0.1, -0.05) is 36.2 Å². The lowest BCUT2D eigenvalue weighted by Gasteiger charge is -2.42. The highest BCUT2D eigenvalue weighted by Crippen LogP contribution is 2.44. The number of nitrogens with one attached hydrogen (secondary N) is 1. The molecule has 0 radical (unpaired) electrons. The average molecular weight is 431 g/mol. The molecule has 7 heteroatoms. The van der Waals surface area contributed by atoms with Crippen molar-refractivity contribution in [2.45, 2.75) is 55.4 Å². The van der Waals surface area contributed by atoms with Crippen LogP contribution in [0.2, 0.25) is 0 Å². The molecule has 4 rings (SSSR count). The molecule has 0 spiro atoms. The molecule has 2 aromatic carbocycles. The molecule has 1 saturated carbocycles. The summed E-state index contributed by atoms with van der Waals surface area (Å²) in [6.07, 6.45) is 3.50. The number of aryl methyl sites for hydroxylation is 1. The third-order valence-corrected chi connectivity index (χ3v) is 8.38. The van der Waals surface area contributed by atoms with Crippen LogP contribution >= 0.6 is 0 Å². The molecule has 0 unspecified atom stereocenters. The summed E-state index contributed by atoms with van der Waals surface area (Å²) in [5.74, 6) is -0.402. The third kappa shape index (κ3) is 3.88. The molecule has 2 fully saturated rings. The molecule has 0 bridgehead atoms. The number of benzene rings is 2. The minimum atomic E-state index is -3.52. The summed E-state index contributed by atoms with van der Waals surface area (Å²) in [4.78, 5) is 13.4. The maximum Gasteiger partial charge on any atom is 0.243 e. The van der Waals surface area contributed by atoms with Gasteiger partial charge in [-0.05, 0) is 62.4 Å². The standard InChI is InChI=1S/C23H27FN2O3S/c1-17-6-8-21(9-7-17)30(28,29)26-14-10-20(11-15-26)25-22(27)23(12-3-13-23)18-4-2-5-19(24)16-18/h2,4-9,16,20H,3,10-15H2,1H3,(H,25,27). The Morgan fingerprint density at radius 2 is 1.77 bits per heavy atom. The van der Waals surface area contributed by atoms with Crippen molar-refractivity contribution >= 4 is 15.9 Å². The zero-order valence-corrected chi connectivity index (χ0v) is 17.9. The Kier molecular flexibility index (Phi) is 5.68. The van der Waals surface area contributed by atoms with Crippen LogP contribution in [-0.2, 0) is 20.2 Å². The first-order chi connectivity index (χ1) is 14.3. The highest BCUT2D eigenvalue weighted by molar-refractivity contribution is 7.89. The van der Waals surface area contributed by atoms with Crippen LogP contribution in [0.15, 0.2) is 53.4 Å². The lowest BCUT2D eigenvalue weighted by atomic mass is 9.63. The van der Waals surface area contributed by atoms with Crippen LogP contribution in [0.1, 0.15) is 43.2 Å². The van der Waals surface area contributed by atoms with E-state index in [1.54, 1.807) is 30.3 Å². The molecule has 0 aromatic heterocycles. The molecule has 2 aromatic rings. The van der Waals surface area contributed by atoms with Crippen molar-refractivity contribution in [3.63, 3.8) is 0 Å². The van der Waals surface area contributed by atoms with Crippen molar-refractivity contribution in [2.24, 2.45) is 0 Å². The van der Waals surface area contributed by atoms with E-state index in [4.69, 9.17) is 0 Å². The number of rotatable bonds is 5. The van der Waals surface area contributed by atoms with Crippen LogP contribution in [0.4, 0.5) is 4.39 Å². The van der Waals surface area contributed by atoms with E-state index in [0.717, 1.165) is 17.5 Å². The summed E-state index contributed by atoms with van der Waals surface area (Å²) in [6, 6.07) is 13.1. The van der Waals surface area contributed by atoms with Crippen LogP contribution in [0, 0.1) is 12.7 Å². The Labute approximate surface area is 177 Å². The molecule has 30 heavy (non-hydrogen) atoms. The fraction of sp³-hybridized carbons (Fsp3) is 0.435. The molecule has 0 atom stereocenters. The molecule has 2 aliphatic rings. The number of carbonyl (C=O) groups is 1. The van der Waals surface area contributed by atoms with E-state index < -0.39 is 15.4 Å². The summed E-state index contributed by atoms with van der Waals surface area (Å²) < 4.78 is 40.9. The first kappa shape index (κ1) is 21.0. The Balaban J connectivity index is 1.40. The number of sulfonamides is 1. The number of carbonyl (C=O) groups excluding carboxylic acids is 1. The van der Waals surface area contributed by atoms with Gasteiger partial charge < -0.3 is 5.32 Å². The van der Waals surface area contributed by atoms with Crippen molar-refractivity contribution in [3.05, 3.63) is 65.5 Å². The maximum absolute atomic E-state index is 13.7. The summed E-state index contributed by atoms with van der Waals surface area (Å²) in [7, 11) is -3.52. The number of halogens is 1. The van der Waals surface area contributed by atoms with Crippen LogP contribution in [-0.4, -0.2) is 37.8 Å². The van der Waals surface area contributed by atoms with E-state index in [0.29, 0.717) is 43.7 Å². The van der Waals surface area contributed by atoms with Crippen molar-refractivity contribution in [2.75, 3.05) is 13.1 Å². The predicted molar refractivity (Wildman–Crippen MR) is 113 cm³/mol. The first-order valence-electron chi connectivity index (χ1n) is 10.5. The second-order valence-corrected chi connectivity index (χ2v) is 10.3. The van der Waals surface area contributed by atoms with Gasteiger partial charge in [0, 0.05) is 19.1 Å². The Morgan fingerprint density at radius 1 is 1.10 bits per heavy atom. The van der Waals surface area contributed by atoms with E-state index in [1.165, 1.54) is 16.4 Å². The van der Waals surface area contributed by atoms with Crippen LogP contribution in [0.5, 0.6) is 0 Å². The van der Waals surface area contributed by atoms with Crippen molar-refractivity contribution in [1.29, 1.82) is 0 Å². The summed E-state index contributed by atoms with van der Waals surface area (Å²) in [5.41, 5.74) is 1.08. The summed E-state index contributed by atoms with van der Waals surface area (Å²) in [6.45, 7) is 2.66. The third-order valence-electron chi connectivity index (χ3n) is 6.47. The van der Waals surface area contributed by atoms with Gasteiger partial charge in [-0.25, -0.2) is 12.8 Å². The molecule has 1 amide bonds. The molecule has 160 valence electrons. The molecule has 1 heterocycles. The van der Waals surface area contributed by atoms with Gasteiger partial charge in [0.2, 0.25) is 15.9 Å². The van der Waals surface area contributed by atoms with E-state index in [2.05, 4.69) is 5.32 Å². The van der Waals surface area contributed by atoms with Crippen LogP contribution < -0.4 is 5.32 Å². The molecule has 1 aliphatic carbocycles. The van der Waals surface area contributed by atoms with Crippen molar-refractivity contribution in [3.8, 4) is 0 Å². The maximum atomic E-state index is 13.7. The van der Waals surface area contributed by atoms with Gasteiger partial charge in [-0.3, -0.25) is 4.79 Å². The van der Waals surface area contributed by atoms with Crippen molar-refractivity contribution in [1.82, 2.24) is 9.62 Å². The van der Waals surface area contributed by atoms with Gasteiger partial charge in [0.05, 0.1) is 10.3 Å². The van der Waals surface area contributed by atoms with Gasteiger partial charge >= 0.3 is 0 Å². The number of hydrogen-bond acceptors (Lipinski definition) is 3. The second kappa shape index (κ2) is 8.12. The number of amides is 1. The monoisotopic (exact) mass is 430 g/mol. The highest BCUT2D eigenvalue weighted by atomic mass is 32.2. The Bertz CT molecular complexity index is 1020. The van der Waals surface area contributed by atoms with Crippen LogP contribution in [0.25, 0.3) is 0 Å². The minimum absolute atomic E-state index is 0.0702. The van der Waals surface area contributed by atoms with Gasteiger partial charge in [0.1, 0.15) is 5.82 Å². The molecule has 1 aliphatic heterocycles. The average Bonchev–Trinajstić information content (AvgIpc) is 2.68. The summed E-state index contributed by atoms with van der Waals surface area (Å²) >= 11 is 0. The zero-order chi connectivity index (χ0) is 21.4. The topological polar surface area (TPSA) is 66.5 Å². The Morgan fingerprint density at radius 3 is 2.33 bits per heavy atom. The number of piperidine rings is 1. The fourth-order valence-electron chi connectivity index (χ4n) is 4.39. The van der Waals surface area contributed by atoms with Crippen molar-refractivity contribution < 1.29 is 17.6 Å². The first-order valence-corrected chi connectivity index (χ1v) is 11.9. The second-order valence-electron chi connectivity index (χ2n) is 8.41. The highest BCUT2D eigenvalue weighted by Gasteiger charge is 2.46. The van der Waals surface area contributed by atoms with Gasteiger partial charge in [0.15, 0.2) is 0 Å². The number of hydrogen-bond donors (Lipinski definition) is 1. The normalized spacial score (nSPS) is 19.8. The SMILES string of the molecule is Cc1ccc(S(=O)(=O)N2CCC(NC(=O)C3(c4cccc(F)c4)CCC3)CC2)cc1. The lowest BCUT2D eigenvalue weighted by Crippen LogP contribution is -2.54. The van der Waals surface area contributed by atoms with Gasteiger partial charge in [-0.2, -0.15) is 4.31 Å². The zero-order valence-electron chi connectivity index (χ0n) is 17.1. The van der Waals surface area contributed by atoms with E-state index in [1.807, 2.05) is 13.0 Å². The molecule has 1 saturated heterocycles. The van der Waals surface area contributed by atoms with Crippen LogP contribution in [0.3, 0.4) is 0 Å². The lowest BCUT2D eigenvalue weighted by molar-refractivity contribution is -0.130. The quantitative estimate of drug-likeness (QED) is 0.789.